The van der Waals surface area contributed by atoms with Gasteiger partial charge in [-0.15, -0.1) is 0 Å². The molecule has 0 heterocycles. The van der Waals surface area contributed by atoms with Crippen LogP contribution in [0.5, 0.6) is 0 Å². The first-order chi connectivity index (χ1) is 6.76. The first kappa shape index (κ1) is 13.2. The molecule has 1 rings (SSSR count). The normalized spacial score (nSPS) is 28.4. The number of aliphatic hydroxyl groups excluding tert-OH is 1. The molecular formula is C12H26O2Si. The molecule has 3 heteroatoms. The molecule has 2 atom stereocenters. The molecule has 0 bridgehead atoms. The molecule has 0 aromatic carbocycles. The first-order valence-corrected chi connectivity index (χ1v) is 8.96. The van der Waals surface area contributed by atoms with Crippen LogP contribution >= 0.6 is 0 Å². The summed E-state index contributed by atoms with van der Waals surface area (Å²) < 4.78 is 6.32. The summed E-state index contributed by atoms with van der Waals surface area (Å²) in [5, 5.41) is 9.39. The van der Waals surface area contributed by atoms with Gasteiger partial charge in [-0.2, -0.15) is 0 Å². The van der Waals surface area contributed by atoms with Gasteiger partial charge in [-0.25, -0.2) is 0 Å². The average Bonchev–Trinajstić information content (AvgIpc) is 2.49. The summed E-state index contributed by atoms with van der Waals surface area (Å²) in [7, 11) is -1.59. The van der Waals surface area contributed by atoms with E-state index in [0.717, 1.165) is 19.3 Å². The average molecular weight is 230 g/mol. The van der Waals surface area contributed by atoms with Crippen molar-refractivity contribution in [1.82, 2.24) is 0 Å². The molecule has 0 unspecified atom stereocenters. The molecule has 1 aliphatic carbocycles. The van der Waals surface area contributed by atoms with Crippen molar-refractivity contribution in [1.29, 1.82) is 0 Å². The Morgan fingerprint density at radius 3 is 2.27 bits per heavy atom. The maximum absolute atomic E-state index is 9.10. The summed E-state index contributed by atoms with van der Waals surface area (Å²) in [6, 6.07) is 0. The zero-order valence-corrected chi connectivity index (χ0v) is 11.8. The van der Waals surface area contributed by atoms with E-state index in [1.165, 1.54) is 0 Å². The van der Waals surface area contributed by atoms with Crippen LogP contribution in [0.15, 0.2) is 0 Å². The summed E-state index contributed by atoms with van der Waals surface area (Å²) in [6.45, 7) is 11.8. The molecule has 2 nitrogen and oxygen atoms in total. The number of aliphatic hydroxyl groups is 1. The molecule has 1 aliphatic rings. The second-order valence-electron chi connectivity index (χ2n) is 6.36. The Bertz CT molecular complexity index is 208. The number of hydrogen-bond acceptors (Lipinski definition) is 2. The highest BCUT2D eigenvalue weighted by molar-refractivity contribution is 6.74. The van der Waals surface area contributed by atoms with Gasteiger partial charge in [0.25, 0.3) is 0 Å². The molecule has 15 heavy (non-hydrogen) atoms. The van der Waals surface area contributed by atoms with Crippen molar-refractivity contribution >= 4 is 8.32 Å². The smallest absolute Gasteiger partial charge is 0.192 e. The van der Waals surface area contributed by atoms with Crippen molar-refractivity contribution in [2.45, 2.75) is 64.3 Å². The third-order valence-corrected chi connectivity index (χ3v) is 8.55. The van der Waals surface area contributed by atoms with E-state index < -0.39 is 8.32 Å². The van der Waals surface area contributed by atoms with E-state index in [1.807, 2.05) is 0 Å². The largest absolute Gasteiger partial charge is 0.414 e. The molecule has 0 aromatic heterocycles. The summed E-state index contributed by atoms with van der Waals surface area (Å²) in [6.07, 6.45) is 3.74. The fraction of sp³-hybridized carbons (Fsp3) is 1.00. The van der Waals surface area contributed by atoms with Crippen LogP contribution in [0, 0.1) is 5.92 Å². The van der Waals surface area contributed by atoms with Gasteiger partial charge in [0.15, 0.2) is 8.32 Å². The molecule has 0 radical (unpaired) electrons. The summed E-state index contributed by atoms with van der Waals surface area (Å²) in [5.41, 5.74) is 0. The standard InChI is InChI=1S/C12H26O2Si/c1-12(2,3)15(4,5)14-11-7-6-10(8-11)9-13/h10-11,13H,6-9H2,1-5H3/t10-,11-/m0/s1. The SMILES string of the molecule is CC(C)(C)[Si](C)(C)O[C@H]1CC[C@H](CO)C1. The van der Waals surface area contributed by atoms with E-state index in [-0.39, 0.29) is 0 Å². The van der Waals surface area contributed by atoms with Crippen LogP contribution in [0.25, 0.3) is 0 Å². The molecule has 1 fully saturated rings. The molecule has 0 spiro atoms. The molecule has 0 aromatic rings. The zero-order chi connectivity index (χ0) is 11.7. The van der Waals surface area contributed by atoms with Gasteiger partial charge < -0.3 is 9.53 Å². The van der Waals surface area contributed by atoms with Crippen molar-refractivity contribution in [3.05, 3.63) is 0 Å². The van der Waals surface area contributed by atoms with Crippen LogP contribution in [0.1, 0.15) is 40.0 Å². The van der Waals surface area contributed by atoms with Crippen LogP contribution in [0.2, 0.25) is 18.1 Å². The maximum Gasteiger partial charge on any atom is 0.192 e. The van der Waals surface area contributed by atoms with Crippen molar-refractivity contribution in [3.63, 3.8) is 0 Å². The van der Waals surface area contributed by atoms with Crippen molar-refractivity contribution in [3.8, 4) is 0 Å². The fourth-order valence-corrected chi connectivity index (χ4v) is 3.30. The van der Waals surface area contributed by atoms with Gasteiger partial charge in [0, 0.05) is 12.7 Å². The van der Waals surface area contributed by atoms with Crippen LogP contribution in [0.4, 0.5) is 0 Å². The Balaban J connectivity index is 2.49. The molecule has 90 valence electrons. The molecular weight excluding hydrogens is 204 g/mol. The molecule has 0 amide bonds. The van der Waals surface area contributed by atoms with E-state index in [9.17, 15) is 0 Å². The van der Waals surface area contributed by atoms with Crippen LogP contribution in [0.3, 0.4) is 0 Å². The summed E-state index contributed by atoms with van der Waals surface area (Å²) in [4.78, 5) is 0. The minimum atomic E-state index is -1.59. The zero-order valence-electron chi connectivity index (χ0n) is 10.8. The predicted octanol–water partition coefficient (Wildman–Crippen LogP) is 3.17. The Labute approximate surface area is 95.2 Å². The Morgan fingerprint density at radius 2 is 1.87 bits per heavy atom. The minimum Gasteiger partial charge on any atom is -0.414 e. The first-order valence-electron chi connectivity index (χ1n) is 6.05. The van der Waals surface area contributed by atoms with Crippen molar-refractivity contribution in [2.24, 2.45) is 5.92 Å². The van der Waals surface area contributed by atoms with Gasteiger partial charge in [-0.1, -0.05) is 20.8 Å². The van der Waals surface area contributed by atoms with Gasteiger partial charge in [0.05, 0.1) is 0 Å². The second kappa shape index (κ2) is 4.56. The van der Waals surface area contributed by atoms with Crippen molar-refractivity contribution < 1.29 is 9.53 Å². The Hall–Kier alpha value is 0.137. The molecule has 0 saturated heterocycles. The second-order valence-corrected chi connectivity index (χ2v) is 11.1. The molecule has 1 saturated carbocycles. The third-order valence-electron chi connectivity index (χ3n) is 4.02. The maximum atomic E-state index is 9.10. The van der Waals surface area contributed by atoms with Gasteiger partial charge >= 0.3 is 0 Å². The van der Waals surface area contributed by atoms with Crippen molar-refractivity contribution in [2.75, 3.05) is 6.61 Å². The van der Waals surface area contributed by atoms with Gasteiger partial charge in [0.2, 0.25) is 0 Å². The van der Waals surface area contributed by atoms with Gasteiger partial charge in [-0.3, -0.25) is 0 Å². The highest BCUT2D eigenvalue weighted by Gasteiger charge is 2.40. The number of hydrogen-bond donors (Lipinski definition) is 1. The van der Waals surface area contributed by atoms with E-state index in [0.29, 0.717) is 23.7 Å². The van der Waals surface area contributed by atoms with Crippen LogP contribution in [-0.4, -0.2) is 26.1 Å². The molecule has 0 aliphatic heterocycles. The third kappa shape index (κ3) is 3.30. The quantitative estimate of drug-likeness (QED) is 0.755. The van der Waals surface area contributed by atoms with E-state index >= 15 is 0 Å². The Morgan fingerprint density at radius 1 is 1.27 bits per heavy atom. The number of rotatable bonds is 3. The van der Waals surface area contributed by atoms with E-state index in [4.69, 9.17) is 9.53 Å². The fourth-order valence-electron chi connectivity index (χ4n) is 1.90. The topological polar surface area (TPSA) is 29.5 Å². The lowest BCUT2D eigenvalue weighted by Gasteiger charge is -2.38. The summed E-state index contributed by atoms with van der Waals surface area (Å²) in [5.74, 6) is 0.486. The van der Waals surface area contributed by atoms with E-state index in [2.05, 4.69) is 33.9 Å². The lowest BCUT2D eigenvalue weighted by Crippen LogP contribution is -2.43. The van der Waals surface area contributed by atoms with Crippen LogP contribution < -0.4 is 0 Å². The van der Waals surface area contributed by atoms with E-state index in [1.54, 1.807) is 0 Å². The summed E-state index contributed by atoms with van der Waals surface area (Å²) >= 11 is 0. The van der Waals surface area contributed by atoms with Crippen LogP contribution in [-0.2, 0) is 4.43 Å². The predicted molar refractivity (Wildman–Crippen MR) is 66.5 cm³/mol. The minimum absolute atomic E-state index is 0.296. The lowest BCUT2D eigenvalue weighted by molar-refractivity contribution is 0.168. The highest BCUT2D eigenvalue weighted by atomic mass is 28.4. The Kier molecular flexibility index (Phi) is 4.01. The van der Waals surface area contributed by atoms with Gasteiger partial charge in [0.1, 0.15) is 0 Å². The highest BCUT2D eigenvalue weighted by Crippen LogP contribution is 2.40. The van der Waals surface area contributed by atoms with Gasteiger partial charge in [-0.05, 0) is 43.3 Å². The lowest BCUT2D eigenvalue weighted by atomic mass is 10.1. The molecule has 1 N–H and O–H groups in total. The monoisotopic (exact) mass is 230 g/mol.